The van der Waals surface area contributed by atoms with E-state index in [1.807, 2.05) is 6.07 Å². The molecule has 0 heterocycles. The summed E-state index contributed by atoms with van der Waals surface area (Å²) in [5.41, 5.74) is 0. The normalized spacial score (nSPS) is 8.89. The molecule has 0 fully saturated rings. The third kappa shape index (κ3) is 1.47. The van der Waals surface area contributed by atoms with Gasteiger partial charge in [0.2, 0.25) is 0 Å². The van der Waals surface area contributed by atoms with Crippen LogP contribution in [0.1, 0.15) is 0 Å². The van der Waals surface area contributed by atoms with E-state index < -0.39 is 8.93 Å². The third-order valence-electron chi connectivity index (χ3n) is 1.02. The lowest BCUT2D eigenvalue weighted by molar-refractivity contribution is 0.462. The van der Waals surface area contributed by atoms with Gasteiger partial charge in [0.05, 0.1) is 0 Å². The van der Waals surface area contributed by atoms with E-state index in [-0.39, 0.29) is 0 Å². The average Bonchev–Trinajstić information content (AvgIpc) is 1.90. The Morgan fingerprint density at radius 2 is 1.78 bits per heavy atom. The largest absolute Gasteiger partial charge is 0.537 e. The Hall–Kier alpha value is -0.963. The molecule has 3 heteroatoms. The highest BCUT2D eigenvalue weighted by molar-refractivity contribution is 6.51. The summed E-state index contributed by atoms with van der Waals surface area (Å²) in [6.07, 6.45) is 0. The molecule has 0 unspecified atom stereocenters. The molecule has 9 heavy (non-hydrogen) atoms. The Morgan fingerprint density at radius 3 is 2.11 bits per heavy atom. The predicted molar refractivity (Wildman–Crippen MR) is 34.7 cm³/mol. The van der Waals surface area contributed by atoms with Crippen LogP contribution in [0.15, 0.2) is 30.3 Å². The van der Waals surface area contributed by atoms with E-state index in [9.17, 15) is 4.46 Å². The topological polar surface area (TPSA) is 37.3 Å². The molecule has 0 aromatic heterocycles. The second-order valence-electron chi connectivity index (χ2n) is 1.67. The summed E-state index contributed by atoms with van der Waals surface area (Å²) in [5.74, 6) is 0. The van der Waals surface area contributed by atoms with Crippen molar-refractivity contribution in [2.75, 3.05) is 0 Å². The zero-order valence-corrected chi connectivity index (χ0v) is 5.74. The molecule has 0 saturated carbocycles. The lowest BCUT2D eigenvalue weighted by atomic mass is 10.4. The van der Waals surface area contributed by atoms with Gasteiger partial charge in [-0.05, 0) is 0 Å². The molecule has 0 atom stereocenters. The maximum atomic E-state index is 10.4. The first kappa shape index (κ1) is 6.16. The van der Waals surface area contributed by atoms with E-state index in [4.69, 9.17) is 4.80 Å². The molecule has 1 aromatic rings. The average molecular weight is 138 g/mol. The first-order valence-corrected chi connectivity index (χ1v) is 3.94. The minimum Gasteiger partial charge on any atom is -0.537 e. The number of rotatable bonds is 1. The third-order valence-corrected chi connectivity index (χ3v) is 1.85. The van der Waals surface area contributed by atoms with Crippen LogP contribution >= 0.6 is 0 Å². The highest BCUT2D eigenvalue weighted by Gasteiger charge is 2.02. The van der Waals surface area contributed by atoms with Crippen LogP contribution in [0.25, 0.3) is 0 Å². The van der Waals surface area contributed by atoms with Gasteiger partial charge in [-0.25, -0.2) is 0 Å². The minimum atomic E-state index is -2.46. The summed E-state index contributed by atoms with van der Waals surface area (Å²) in [6.45, 7) is 0. The van der Waals surface area contributed by atoms with Crippen molar-refractivity contribution < 1.29 is 9.26 Å². The standard InChI is InChI=1S/C6H6O2Si/c7-9(8)6-4-2-1-3-5-6/h1-5,7H. The first-order chi connectivity index (χ1) is 4.30. The van der Waals surface area contributed by atoms with Crippen LogP contribution in [-0.4, -0.2) is 13.7 Å². The van der Waals surface area contributed by atoms with E-state index in [1.165, 1.54) is 0 Å². The van der Waals surface area contributed by atoms with Crippen molar-refractivity contribution in [3.05, 3.63) is 30.3 Å². The van der Waals surface area contributed by atoms with Crippen LogP contribution in [0.2, 0.25) is 0 Å². The zero-order valence-electron chi connectivity index (χ0n) is 4.74. The molecule has 0 aliphatic heterocycles. The van der Waals surface area contributed by atoms with E-state index >= 15 is 0 Å². The van der Waals surface area contributed by atoms with Crippen LogP contribution in [0, 0.1) is 0 Å². The van der Waals surface area contributed by atoms with Gasteiger partial charge < -0.3 is 9.26 Å². The second-order valence-corrected chi connectivity index (χ2v) is 2.86. The van der Waals surface area contributed by atoms with Gasteiger partial charge in [0, 0.05) is 5.19 Å². The van der Waals surface area contributed by atoms with Gasteiger partial charge in [0.15, 0.2) is 0 Å². The molecule has 0 aliphatic carbocycles. The van der Waals surface area contributed by atoms with Gasteiger partial charge in [-0.15, -0.1) is 0 Å². The van der Waals surface area contributed by atoms with Crippen LogP contribution in [-0.2, 0) is 4.46 Å². The summed E-state index contributed by atoms with van der Waals surface area (Å²) in [6, 6.07) is 8.58. The summed E-state index contributed by atoms with van der Waals surface area (Å²) in [5, 5.41) is 0.516. The molecule has 0 radical (unpaired) electrons. The highest BCUT2D eigenvalue weighted by atomic mass is 28.3. The van der Waals surface area contributed by atoms with E-state index in [0.29, 0.717) is 5.19 Å². The minimum absolute atomic E-state index is 0.516. The monoisotopic (exact) mass is 138 g/mol. The van der Waals surface area contributed by atoms with E-state index in [2.05, 4.69) is 0 Å². The molecule has 0 bridgehead atoms. The van der Waals surface area contributed by atoms with E-state index in [1.54, 1.807) is 24.3 Å². The summed E-state index contributed by atoms with van der Waals surface area (Å²) < 4.78 is 10.4. The van der Waals surface area contributed by atoms with Crippen molar-refractivity contribution in [1.29, 1.82) is 0 Å². The quantitative estimate of drug-likeness (QED) is 0.546. The summed E-state index contributed by atoms with van der Waals surface area (Å²) in [4.78, 5) is 8.57. The van der Waals surface area contributed by atoms with Gasteiger partial charge in [-0.2, -0.15) is 0 Å². The van der Waals surface area contributed by atoms with Gasteiger partial charge >= 0.3 is 8.93 Å². The number of hydrogen-bond donors (Lipinski definition) is 1. The molecule has 1 aromatic carbocycles. The molecule has 2 nitrogen and oxygen atoms in total. The molecular weight excluding hydrogens is 132 g/mol. The molecule has 1 rings (SSSR count). The summed E-state index contributed by atoms with van der Waals surface area (Å²) in [7, 11) is -2.46. The molecule has 46 valence electrons. The van der Waals surface area contributed by atoms with Gasteiger partial charge in [0.1, 0.15) is 0 Å². The number of hydrogen-bond acceptors (Lipinski definition) is 1. The molecule has 0 aliphatic rings. The molecule has 0 saturated heterocycles. The lowest BCUT2D eigenvalue weighted by Gasteiger charge is -1.86. The lowest BCUT2D eigenvalue weighted by Crippen LogP contribution is -2.19. The molecule has 0 spiro atoms. The highest BCUT2D eigenvalue weighted by Crippen LogP contribution is 1.80. The van der Waals surface area contributed by atoms with Crippen LogP contribution in [0.3, 0.4) is 0 Å². The Bertz CT molecular complexity index is 208. The second kappa shape index (κ2) is 2.55. The van der Waals surface area contributed by atoms with Gasteiger partial charge in [-0.1, -0.05) is 30.3 Å². The Labute approximate surface area is 54.6 Å². The van der Waals surface area contributed by atoms with Crippen molar-refractivity contribution in [2.24, 2.45) is 0 Å². The Kier molecular flexibility index (Phi) is 1.74. The van der Waals surface area contributed by atoms with Crippen molar-refractivity contribution in [3.63, 3.8) is 0 Å². The number of benzene rings is 1. The van der Waals surface area contributed by atoms with Gasteiger partial charge in [-0.3, -0.25) is 0 Å². The molecular formula is C6H6O2Si. The van der Waals surface area contributed by atoms with Crippen LogP contribution in [0.5, 0.6) is 0 Å². The summed E-state index contributed by atoms with van der Waals surface area (Å²) >= 11 is 0. The zero-order chi connectivity index (χ0) is 6.69. The van der Waals surface area contributed by atoms with Crippen molar-refractivity contribution in [3.8, 4) is 0 Å². The first-order valence-electron chi connectivity index (χ1n) is 2.59. The van der Waals surface area contributed by atoms with Crippen LogP contribution in [0.4, 0.5) is 0 Å². The maximum Gasteiger partial charge on any atom is 0.537 e. The van der Waals surface area contributed by atoms with Crippen molar-refractivity contribution in [2.45, 2.75) is 0 Å². The Balaban J connectivity index is 2.98. The smallest absolute Gasteiger partial charge is 0.537 e. The van der Waals surface area contributed by atoms with Crippen molar-refractivity contribution in [1.82, 2.24) is 0 Å². The fourth-order valence-corrected chi connectivity index (χ4v) is 1.06. The van der Waals surface area contributed by atoms with Gasteiger partial charge in [0.25, 0.3) is 0 Å². The SMILES string of the molecule is O=[Si](O)c1ccccc1. The fourth-order valence-electron chi connectivity index (χ4n) is 0.581. The maximum absolute atomic E-state index is 10.4. The molecule has 0 amide bonds. The van der Waals surface area contributed by atoms with Crippen molar-refractivity contribution >= 4 is 14.1 Å². The molecule has 1 N–H and O–H groups in total. The Morgan fingerprint density at radius 1 is 1.22 bits per heavy atom. The van der Waals surface area contributed by atoms with Crippen LogP contribution < -0.4 is 5.19 Å². The predicted octanol–water partition coefficient (Wildman–Crippen LogP) is -0.195. The fraction of sp³-hybridized carbons (Fsp3) is 0. The van der Waals surface area contributed by atoms with E-state index in [0.717, 1.165) is 0 Å².